The van der Waals surface area contributed by atoms with E-state index in [1.54, 1.807) is 7.11 Å². The highest BCUT2D eigenvalue weighted by molar-refractivity contribution is 6.30. The van der Waals surface area contributed by atoms with E-state index in [-0.39, 0.29) is 0 Å². The van der Waals surface area contributed by atoms with E-state index in [9.17, 15) is 0 Å². The second kappa shape index (κ2) is 8.36. The highest BCUT2D eigenvalue weighted by Crippen LogP contribution is 2.26. The summed E-state index contributed by atoms with van der Waals surface area (Å²) in [6.07, 6.45) is 0.737. The van der Waals surface area contributed by atoms with Crippen LogP contribution in [0, 0.1) is 0 Å². The zero-order chi connectivity index (χ0) is 19.3. The van der Waals surface area contributed by atoms with E-state index in [1.807, 2.05) is 66.7 Å². The molecule has 0 bridgehead atoms. The van der Waals surface area contributed by atoms with Gasteiger partial charge in [-0.2, -0.15) is 0 Å². The van der Waals surface area contributed by atoms with Crippen LogP contribution in [0.15, 0.2) is 72.8 Å². The first-order valence-corrected chi connectivity index (χ1v) is 9.57. The molecule has 0 aliphatic heterocycles. The first-order chi connectivity index (χ1) is 13.7. The number of methoxy groups -OCH3 is 1. The molecule has 0 radical (unpaired) electrons. The lowest BCUT2D eigenvalue weighted by molar-refractivity contribution is 0.280. The highest BCUT2D eigenvalue weighted by Gasteiger charge is 2.12. The lowest BCUT2D eigenvalue weighted by Crippen LogP contribution is -2.12. The van der Waals surface area contributed by atoms with Crippen LogP contribution in [-0.2, 0) is 13.0 Å². The fourth-order valence-electron chi connectivity index (χ4n) is 3.28. The van der Waals surface area contributed by atoms with Crippen molar-refractivity contribution >= 4 is 22.6 Å². The molecular weight excluding hydrogens is 372 g/mol. The lowest BCUT2D eigenvalue weighted by Gasteiger charge is -2.13. The molecule has 0 saturated carbocycles. The molecule has 4 aromatic rings. The third kappa shape index (κ3) is 3.97. The average molecular weight is 393 g/mol. The Labute approximate surface area is 169 Å². The number of fused-ring (bicyclic) bond motifs is 1. The summed E-state index contributed by atoms with van der Waals surface area (Å²) in [6, 6.07) is 23.8. The molecule has 0 aliphatic rings. The molecular formula is C23H21ClN2O2. The Morgan fingerprint density at radius 2 is 1.61 bits per heavy atom. The van der Waals surface area contributed by atoms with Crippen molar-refractivity contribution in [1.29, 1.82) is 0 Å². The van der Waals surface area contributed by atoms with Gasteiger partial charge in [-0.3, -0.25) is 0 Å². The van der Waals surface area contributed by atoms with E-state index in [1.165, 1.54) is 5.56 Å². The van der Waals surface area contributed by atoms with E-state index < -0.39 is 0 Å². The maximum absolute atomic E-state index is 6.01. The van der Waals surface area contributed by atoms with Gasteiger partial charge in [-0.05, 0) is 42.0 Å². The van der Waals surface area contributed by atoms with Crippen LogP contribution in [0.2, 0.25) is 5.02 Å². The van der Waals surface area contributed by atoms with Gasteiger partial charge < -0.3 is 14.0 Å². The van der Waals surface area contributed by atoms with Crippen molar-refractivity contribution in [3.05, 3.63) is 89.2 Å². The van der Waals surface area contributed by atoms with Crippen molar-refractivity contribution in [3.63, 3.8) is 0 Å². The van der Waals surface area contributed by atoms with Gasteiger partial charge in [0.2, 0.25) is 0 Å². The van der Waals surface area contributed by atoms with Crippen LogP contribution in [0.25, 0.3) is 11.0 Å². The van der Waals surface area contributed by atoms with Gasteiger partial charge in [0.1, 0.15) is 12.4 Å². The zero-order valence-corrected chi connectivity index (χ0v) is 16.4. The number of aromatic nitrogens is 2. The van der Waals surface area contributed by atoms with E-state index >= 15 is 0 Å². The van der Waals surface area contributed by atoms with Gasteiger partial charge >= 0.3 is 0 Å². The maximum atomic E-state index is 6.01. The molecule has 4 rings (SSSR count). The Kier molecular flexibility index (Phi) is 5.49. The molecule has 4 nitrogen and oxygen atoms in total. The Bertz CT molecular complexity index is 1070. The predicted molar refractivity (Wildman–Crippen MR) is 112 cm³/mol. The smallest absolute Gasteiger partial charge is 0.161 e. The lowest BCUT2D eigenvalue weighted by atomic mass is 10.1. The van der Waals surface area contributed by atoms with Crippen molar-refractivity contribution in [3.8, 4) is 11.5 Å². The second-order valence-corrected chi connectivity index (χ2v) is 6.91. The number of hydrogen-bond donors (Lipinski definition) is 0. The van der Waals surface area contributed by atoms with Crippen LogP contribution in [-0.4, -0.2) is 23.3 Å². The molecule has 0 spiro atoms. The van der Waals surface area contributed by atoms with E-state index in [0.29, 0.717) is 13.2 Å². The molecule has 0 atom stereocenters. The van der Waals surface area contributed by atoms with Crippen LogP contribution in [0.1, 0.15) is 11.4 Å². The first kappa shape index (κ1) is 18.4. The summed E-state index contributed by atoms with van der Waals surface area (Å²) in [4.78, 5) is 4.84. The van der Waals surface area contributed by atoms with Crippen molar-refractivity contribution in [2.45, 2.75) is 13.0 Å². The minimum atomic E-state index is 0.522. The van der Waals surface area contributed by atoms with Crippen molar-refractivity contribution < 1.29 is 9.47 Å². The second-order valence-electron chi connectivity index (χ2n) is 6.47. The number of ether oxygens (including phenoxy) is 2. The van der Waals surface area contributed by atoms with Crippen molar-refractivity contribution in [1.82, 2.24) is 9.55 Å². The molecule has 28 heavy (non-hydrogen) atoms. The molecule has 0 N–H and O–H groups in total. The zero-order valence-electron chi connectivity index (χ0n) is 15.6. The Balaban J connectivity index is 1.57. The van der Waals surface area contributed by atoms with Gasteiger partial charge in [0, 0.05) is 11.4 Å². The molecule has 0 aliphatic carbocycles. The monoisotopic (exact) mass is 392 g/mol. The SMILES string of the molecule is COc1ccccc1OCCn1c(Cc2ccc(Cl)cc2)nc2ccccc21. The van der Waals surface area contributed by atoms with Crippen LogP contribution in [0.3, 0.4) is 0 Å². The number of rotatable bonds is 7. The van der Waals surface area contributed by atoms with E-state index in [2.05, 4.69) is 10.6 Å². The van der Waals surface area contributed by atoms with E-state index in [4.69, 9.17) is 26.1 Å². The standard InChI is InChI=1S/C23H21ClN2O2/c1-27-21-8-4-5-9-22(21)28-15-14-26-20-7-3-2-6-19(20)25-23(26)16-17-10-12-18(24)13-11-17/h2-13H,14-16H2,1H3. The van der Waals surface area contributed by atoms with Gasteiger partial charge in [-0.25, -0.2) is 4.98 Å². The Morgan fingerprint density at radius 1 is 0.893 bits per heavy atom. The Hall–Kier alpha value is -2.98. The molecule has 1 aromatic heterocycles. The first-order valence-electron chi connectivity index (χ1n) is 9.19. The quantitative estimate of drug-likeness (QED) is 0.424. The number of benzene rings is 3. The molecule has 0 amide bonds. The fourth-order valence-corrected chi connectivity index (χ4v) is 3.41. The third-order valence-electron chi connectivity index (χ3n) is 4.65. The summed E-state index contributed by atoms with van der Waals surface area (Å²) in [6.45, 7) is 1.22. The van der Waals surface area contributed by atoms with Crippen molar-refractivity contribution in [2.24, 2.45) is 0 Å². The van der Waals surface area contributed by atoms with Crippen LogP contribution in [0.5, 0.6) is 11.5 Å². The Morgan fingerprint density at radius 3 is 2.39 bits per heavy atom. The van der Waals surface area contributed by atoms with Gasteiger partial charge in [0.15, 0.2) is 11.5 Å². The molecule has 0 saturated heterocycles. The average Bonchev–Trinajstić information content (AvgIpc) is 3.07. The van der Waals surface area contributed by atoms with Gasteiger partial charge in [0.25, 0.3) is 0 Å². The van der Waals surface area contributed by atoms with Crippen LogP contribution >= 0.6 is 11.6 Å². The molecule has 142 valence electrons. The van der Waals surface area contributed by atoms with Gasteiger partial charge in [-0.1, -0.05) is 48.0 Å². The molecule has 0 unspecified atom stereocenters. The molecule has 1 heterocycles. The predicted octanol–water partition coefficient (Wildman–Crippen LogP) is 5.37. The third-order valence-corrected chi connectivity index (χ3v) is 4.90. The summed E-state index contributed by atoms with van der Waals surface area (Å²) in [5.41, 5.74) is 3.27. The minimum Gasteiger partial charge on any atom is -0.493 e. The summed E-state index contributed by atoms with van der Waals surface area (Å²) in [5.74, 6) is 2.49. The summed E-state index contributed by atoms with van der Waals surface area (Å²) in [7, 11) is 1.65. The van der Waals surface area contributed by atoms with Crippen LogP contribution < -0.4 is 9.47 Å². The number of hydrogen-bond acceptors (Lipinski definition) is 3. The fraction of sp³-hybridized carbons (Fsp3) is 0.174. The molecule has 0 fully saturated rings. The minimum absolute atomic E-state index is 0.522. The number of imidazole rings is 1. The summed E-state index contributed by atoms with van der Waals surface area (Å²) >= 11 is 6.01. The number of nitrogens with zero attached hydrogens (tertiary/aromatic N) is 2. The maximum Gasteiger partial charge on any atom is 0.161 e. The number of halogens is 1. The normalized spacial score (nSPS) is 10.9. The largest absolute Gasteiger partial charge is 0.493 e. The van der Waals surface area contributed by atoms with Gasteiger partial charge in [-0.15, -0.1) is 0 Å². The highest BCUT2D eigenvalue weighted by atomic mass is 35.5. The van der Waals surface area contributed by atoms with Gasteiger partial charge in [0.05, 0.1) is 24.7 Å². The summed E-state index contributed by atoms with van der Waals surface area (Å²) < 4.78 is 13.6. The number of para-hydroxylation sites is 4. The van der Waals surface area contributed by atoms with Crippen molar-refractivity contribution in [2.75, 3.05) is 13.7 Å². The molecule has 5 heteroatoms. The topological polar surface area (TPSA) is 36.3 Å². The molecule has 3 aromatic carbocycles. The summed E-state index contributed by atoms with van der Waals surface area (Å²) in [5, 5.41) is 0.738. The van der Waals surface area contributed by atoms with E-state index in [0.717, 1.165) is 39.8 Å². The van der Waals surface area contributed by atoms with Crippen LogP contribution in [0.4, 0.5) is 0 Å².